The van der Waals surface area contributed by atoms with Crippen LogP contribution in [0.4, 0.5) is 10.5 Å². The Labute approximate surface area is 200 Å². The van der Waals surface area contributed by atoms with Crippen LogP contribution in [0.15, 0.2) is 78.9 Å². The lowest BCUT2D eigenvalue weighted by atomic mass is 9.83. The van der Waals surface area contributed by atoms with Crippen LogP contribution < -0.4 is 15.4 Å². The number of benzene rings is 3. The zero-order valence-electron chi connectivity index (χ0n) is 19.7. The average Bonchev–Trinajstić information content (AvgIpc) is 2.88. The first-order chi connectivity index (χ1) is 16.5. The number of aryl methyl sites for hydroxylation is 1. The van der Waals surface area contributed by atoms with Gasteiger partial charge in [-0.3, -0.25) is 4.79 Å². The fourth-order valence-corrected chi connectivity index (χ4v) is 4.42. The molecule has 1 heterocycles. The van der Waals surface area contributed by atoms with Gasteiger partial charge in [0.1, 0.15) is 5.75 Å². The molecule has 2 atom stereocenters. The molecule has 0 radical (unpaired) electrons. The highest BCUT2D eigenvalue weighted by molar-refractivity contribution is 5.93. The molecule has 1 aliphatic rings. The standard InChI is InChI=1S/C28H31N3O3/c1-20-7-6-10-22(15-20)23-16-24(27(32)30-25-11-13-26(34-2)14-12-25)19-31(18-23)28(33)29-17-21-8-4-3-5-9-21/h3-15,23-24H,16-19H2,1-2H3,(H,29,33)(H,30,32). The third-order valence-corrected chi connectivity index (χ3v) is 6.27. The Balaban J connectivity index is 1.49. The van der Waals surface area contributed by atoms with Crippen molar-refractivity contribution in [1.29, 1.82) is 0 Å². The number of carbonyl (C=O) groups is 2. The topological polar surface area (TPSA) is 70.7 Å². The maximum absolute atomic E-state index is 13.2. The fraction of sp³-hybridized carbons (Fsp3) is 0.286. The Bertz CT molecular complexity index is 1120. The predicted octanol–water partition coefficient (Wildman–Crippen LogP) is 4.96. The number of nitrogens with one attached hydrogen (secondary N) is 2. The molecule has 6 nitrogen and oxygen atoms in total. The van der Waals surface area contributed by atoms with Crippen LogP contribution in [-0.2, 0) is 11.3 Å². The number of amides is 3. The molecule has 176 valence electrons. The smallest absolute Gasteiger partial charge is 0.317 e. The number of likely N-dealkylation sites (tertiary alicyclic amines) is 1. The number of hydrogen-bond donors (Lipinski definition) is 2. The first-order valence-corrected chi connectivity index (χ1v) is 11.6. The third kappa shape index (κ3) is 5.95. The maximum atomic E-state index is 13.2. The zero-order valence-corrected chi connectivity index (χ0v) is 19.7. The van der Waals surface area contributed by atoms with Gasteiger partial charge >= 0.3 is 6.03 Å². The highest BCUT2D eigenvalue weighted by Crippen LogP contribution is 2.32. The second-order valence-corrected chi connectivity index (χ2v) is 8.81. The number of anilines is 1. The van der Waals surface area contributed by atoms with Gasteiger partial charge in [-0.15, -0.1) is 0 Å². The van der Waals surface area contributed by atoms with Crippen molar-refractivity contribution in [2.24, 2.45) is 5.92 Å². The van der Waals surface area contributed by atoms with Gasteiger partial charge in [-0.25, -0.2) is 4.79 Å². The van der Waals surface area contributed by atoms with E-state index in [0.717, 1.165) is 16.9 Å². The van der Waals surface area contributed by atoms with Crippen molar-refractivity contribution in [3.05, 3.63) is 95.6 Å². The fourth-order valence-electron chi connectivity index (χ4n) is 4.42. The highest BCUT2D eigenvalue weighted by atomic mass is 16.5. The van der Waals surface area contributed by atoms with Crippen LogP contribution in [0.1, 0.15) is 29.0 Å². The summed E-state index contributed by atoms with van der Waals surface area (Å²) < 4.78 is 5.19. The molecule has 2 N–H and O–H groups in total. The average molecular weight is 458 g/mol. The lowest BCUT2D eigenvalue weighted by Crippen LogP contribution is -2.50. The van der Waals surface area contributed by atoms with Crippen molar-refractivity contribution in [3.8, 4) is 5.75 Å². The molecule has 0 spiro atoms. The van der Waals surface area contributed by atoms with E-state index in [1.54, 1.807) is 12.0 Å². The van der Waals surface area contributed by atoms with Gasteiger partial charge in [0, 0.05) is 31.2 Å². The number of hydrogen-bond acceptors (Lipinski definition) is 3. The van der Waals surface area contributed by atoms with Gasteiger partial charge in [-0.1, -0.05) is 60.2 Å². The summed E-state index contributed by atoms with van der Waals surface area (Å²) in [6, 6.07) is 25.3. The van der Waals surface area contributed by atoms with Gasteiger partial charge in [0.25, 0.3) is 0 Å². The van der Waals surface area contributed by atoms with Crippen molar-refractivity contribution in [3.63, 3.8) is 0 Å². The summed E-state index contributed by atoms with van der Waals surface area (Å²) in [5, 5.41) is 6.03. The summed E-state index contributed by atoms with van der Waals surface area (Å²) in [7, 11) is 1.61. The first-order valence-electron chi connectivity index (χ1n) is 11.6. The summed E-state index contributed by atoms with van der Waals surface area (Å²) in [6.07, 6.45) is 0.688. The van der Waals surface area contributed by atoms with Gasteiger partial charge < -0.3 is 20.3 Å². The first kappa shape index (κ1) is 23.4. The zero-order chi connectivity index (χ0) is 23.9. The van der Waals surface area contributed by atoms with Crippen molar-refractivity contribution < 1.29 is 14.3 Å². The molecule has 1 fully saturated rings. The van der Waals surface area contributed by atoms with E-state index in [0.29, 0.717) is 31.7 Å². The highest BCUT2D eigenvalue weighted by Gasteiger charge is 2.34. The summed E-state index contributed by atoms with van der Waals surface area (Å²) in [5.41, 5.74) is 4.07. The van der Waals surface area contributed by atoms with Crippen LogP contribution in [0.25, 0.3) is 0 Å². The maximum Gasteiger partial charge on any atom is 0.317 e. The van der Waals surface area contributed by atoms with E-state index in [1.165, 1.54) is 5.56 Å². The number of ether oxygens (including phenoxy) is 1. The molecular formula is C28H31N3O3. The molecule has 34 heavy (non-hydrogen) atoms. The number of carbonyl (C=O) groups excluding carboxylic acids is 2. The van der Waals surface area contributed by atoms with Gasteiger partial charge in [0.2, 0.25) is 5.91 Å². The van der Waals surface area contributed by atoms with Gasteiger partial charge in [-0.05, 0) is 48.7 Å². The van der Waals surface area contributed by atoms with E-state index in [9.17, 15) is 9.59 Å². The molecule has 1 aliphatic heterocycles. The van der Waals surface area contributed by atoms with Crippen LogP contribution >= 0.6 is 0 Å². The Morgan fingerprint density at radius 1 is 0.971 bits per heavy atom. The van der Waals surface area contributed by atoms with Crippen molar-refractivity contribution >= 4 is 17.6 Å². The van der Waals surface area contributed by atoms with E-state index in [-0.39, 0.29) is 23.8 Å². The second kappa shape index (κ2) is 10.9. The van der Waals surface area contributed by atoms with Crippen LogP contribution in [0.2, 0.25) is 0 Å². The van der Waals surface area contributed by atoms with Gasteiger partial charge in [0.15, 0.2) is 0 Å². The van der Waals surface area contributed by atoms with Crippen LogP contribution in [0.3, 0.4) is 0 Å². The second-order valence-electron chi connectivity index (χ2n) is 8.81. The van der Waals surface area contributed by atoms with E-state index < -0.39 is 0 Å². The Morgan fingerprint density at radius 2 is 1.74 bits per heavy atom. The normalized spacial score (nSPS) is 17.6. The quantitative estimate of drug-likeness (QED) is 0.550. The number of nitrogens with zero attached hydrogens (tertiary/aromatic N) is 1. The molecule has 6 heteroatoms. The largest absolute Gasteiger partial charge is 0.497 e. The molecule has 0 saturated carbocycles. The summed E-state index contributed by atoms with van der Waals surface area (Å²) in [6.45, 7) is 3.47. The monoisotopic (exact) mass is 457 g/mol. The Kier molecular flexibility index (Phi) is 7.48. The van der Waals surface area contributed by atoms with Crippen molar-refractivity contribution in [2.45, 2.75) is 25.8 Å². The van der Waals surface area contributed by atoms with Crippen molar-refractivity contribution in [1.82, 2.24) is 10.2 Å². The number of piperidine rings is 1. The van der Waals surface area contributed by atoms with E-state index in [4.69, 9.17) is 4.74 Å². The van der Waals surface area contributed by atoms with Crippen LogP contribution in [-0.4, -0.2) is 37.0 Å². The van der Waals surface area contributed by atoms with Crippen molar-refractivity contribution in [2.75, 3.05) is 25.5 Å². The minimum atomic E-state index is -0.316. The van der Waals surface area contributed by atoms with E-state index >= 15 is 0 Å². The van der Waals surface area contributed by atoms with Crippen LogP contribution in [0.5, 0.6) is 5.75 Å². The molecule has 3 aromatic rings. The predicted molar refractivity (Wildman–Crippen MR) is 134 cm³/mol. The molecular weight excluding hydrogens is 426 g/mol. The lowest BCUT2D eigenvalue weighted by Gasteiger charge is -2.37. The summed E-state index contributed by atoms with van der Waals surface area (Å²) >= 11 is 0. The summed E-state index contributed by atoms with van der Waals surface area (Å²) in [5.74, 6) is 0.423. The molecule has 2 unspecified atom stereocenters. The number of urea groups is 1. The minimum absolute atomic E-state index is 0.0802. The van der Waals surface area contributed by atoms with E-state index in [2.05, 4.69) is 35.8 Å². The minimum Gasteiger partial charge on any atom is -0.497 e. The van der Waals surface area contributed by atoms with Gasteiger partial charge in [-0.2, -0.15) is 0 Å². The van der Waals surface area contributed by atoms with Gasteiger partial charge in [0.05, 0.1) is 13.0 Å². The molecule has 4 rings (SSSR count). The number of methoxy groups -OCH3 is 1. The lowest BCUT2D eigenvalue weighted by molar-refractivity contribution is -0.121. The Hall–Kier alpha value is -3.80. The summed E-state index contributed by atoms with van der Waals surface area (Å²) in [4.78, 5) is 28.1. The Morgan fingerprint density at radius 3 is 2.44 bits per heavy atom. The third-order valence-electron chi connectivity index (χ3n) is 6.27. The number of rotatable bonds is 6. The molecule has 0 bridgehead atoms. The molecule has 0 aliphatic carbocycles. The SMILES string of the molecule is COc1ccc(NC(=O)C2CC(c3cccc(C)c3)CN(C(=O)NCc3ccccc3)C2)cc1. The molecule has 3 aromatic carbocycles. The van der Waals surface area contributed by atoms with Crippen LogP contribution in [0, 0.1) is 12.8 Å². The molecule has 0 aromatic heterocycles. The van der Waals surface area contributed by atoms with E-state index in [1.807, 2.05) is 60.7 Å². The molecule has 1 saturated heterocycles. The molecule has 3 amide bonds.